The first kappa shape index (κ1) is 36.7. The molecule has 0 saturated heterocycles. The topological polar surface area (TPSA) is 186 Å². The molecular weight excluding hydrogens is 573 g/mol. The van der Waals surface area contributed by atoms with Gasteiger partial charge >= 0.3 is 26.0 Å². The molecule has 42 heavy (non-hydrogen) atoms. The van der Waals surface area contributed by atoms with Gasteiger partial charge in [0.15, 0.2) is 0 Å². The number of carboxylic acids is 1. The van der Waals surface area contributed by atoms with Crippen LogP contribution >= 0.6 is 7.75 Å². The number of likely N-dealkylation sites (N-methyl/N-ethyl adjacent to an activating group) is 1. The summed E-state index contributed by atoms with van der Waals surface area (Å²) in [4.78, 5) is 36.0. The lowest BCUT2D eigenvalue weighted by molar-refractivity contribution is -0.141. The monoisotopic (exact) mass is 617 g/mol. The Bertz CT molecular complexity index is 974. The molecule has 14 nitrogen and oxygen atoms in total. The van der Waals surface area contributed by atoms with Crippen LogP contribution in [0.15, 0.2) is 35.1 Å². The molecule has 1 unspecified atom stereocenters. The van der Waals surface area contributed by atoms with E-state index in [9.17, 15) is 24.1 Å². The molecular formula is C27H44N3O11P. The van der Waals surface area contributed by atoms with Crippen molar-refractivity contribution in [2.24, 2.45) is 10.5 Å². The van der Waals surface area contributed by atoms with Gasteiger partial charge in [-0.1, -0.05) is 44.2 Å². The molecule has 3 N–H and O–H groups in total. The molecule has 0 aliphatic carbocycles. The summed E-state index contributed by atoms with van der Waals surface area (Å²) in [5.74, 6) is -1.49. The Balaban J connectivity index is 2.78. The highest BCUT2D eigenvalue weighted by atomic mass is 31.2. The molecule has 0 heterocycles. The smallest absolute Gasteiger partial charge is 0.480 e. The van der Waals surface area contributed by atoms with Crippen molar-refractivity contribution in [3.63, 3.8) is 0 Å². The minimum atomic E-state index is -4.18. The van der Waals surface area contributed by atoms with Crippen LogP contribution in [0.3, 0.4) is 0 Å². The fourth-order valence-corrected chi connectivity index (χ4v) is 4.51. The van der Waals surface area contributed by atoms with E-state index in [0.29, 0.717) is 38.5 Å². The van der Waals surface area contributed by atoms with Crippen molar-refractivity contribution >= 4 is 32.0 Å². The highest BCUT2D eigenvalue weighted by Gasteiger charge is 2.29. The van der Waals surface area contributed by atoms with Gasteiger partial charge in [-0.05, 0) is 44.1 Å². The molecule has 1 aromatic carbocycles. The van der Waals surface area contributed by atoms with Gasteiger partial charge in [-0.3, -0.25) is 9.05 Å². The number of unbranched alkanes of at least 4 members (excludes halogenated alkanes) is 2. The van der Waals surface area contributed by atoms with Gasteiger partial charge in [0, 0.05) is 13.5 Å². The predicted octanol–water partition coefficient (Wildman–Crippen LogP) is 4.76. The average Bonchev–Trinajstić information content (AvgIpc) is 2.97. The second kappa shape index (κ2) is 21.4. The molecule has 1 aromatic rings. The first-order valence-corrected chi connectivity index (χ1v) is 15.4. The Hall–Kier alpha value is -3.35. The molecule has 0 amide bonds. The number of nitrogens with zero attached hydrogens (tertiary/aromatic N) is 2. The molecule has 0 fully saturated rings. The Morgan fingerprint density at radius 1 is 0.833 bits per heavy atom. The highest BCUT2D eigenvalue weighted by Crippen LogP contribution is 2.50. The number of guanidine groups is 1. The maximum atomic E-state index is 13.5. The van der Waals surface area contributed by atoms with Gasteiger partial charge in [0.05, 0.1) is 39.6 Å². The van der Waals surface area contributed by atoms with Crippen molar-refractivity contribution in [2.75, 3.05) is 46.7 Å². The maximum absolute atomic E-state index is 13.5. The summed E-state index contributed by atoms with van der Waals surface area (Å²) >= 11 is 0. The number of carboxylic acid groups (broad SMARTS) is 1. The molecule has 238 valence electrons. The van der Waals surface area contributed by atoms with Gasteiger partial charge in [0.2, 0.25) is 5.96 Å². The number of carbonyl (C=O) groups excluding carboxylic acids is 2. The third kappa shape index (κ3) is 16.2. The summed E-state index contributed by atoms with van der Waals surface area (Å²) in [5, 5.41) is 9.80. The largest absolute Gasteiger partial charge is 0.508 e. The average molecular weight is 618 g/mol. The molecule has 0 aromatic heterocycles. The molecule has 0 aliphatic heterocycles. The summed E-state index contributed by atoms with van der Waals surface area (Å²) in [6.45, 7) is 4.27. The zero-order chi connectivity index (χ0) is 31.2. The van der Waals surface area contributed by atoms with E-state index in [0.717, 1.165) is 5.56 Å². The zero-order valence-corrected chi connectivity index (χ0v) is 25.5. The van der Waals surface area contributed by atoms with Crippen molar-refractivity contribution in [1.29, 1.82) is 0 Å². The van der Waals surface area contributed by atoms with E-state index < -0.39 is 32.1 Å². The fourth-order valence-electron chi connectivity index (χ4n) is 3.21. The van der Waals surface area contributed by atoms with Gasteiger partial charge in [-0.25, -0.2) is 18.9 Å². The van der Waals surface area contributed by atoms with E-state index in [4.69, 9.17) is 33.7 Å². The lowest BCUT2D eigenvalue weighted by Gasteiger charge is -2.26. The summed E-state index contributed by atoms with van der Waals surface area (Å²) in [5.41, 5.74) is 6.85. The molecule has 0 spiro atoms. The van der Waals surface area contributed by atoms with Crippen LogP contribution in [0.2, 0.25) is 0 Å². The van der Waals surface area contributed by atoms with Crippen molar-refractivity contribution in [3.8, 4) is 0 Å². The summed E-state index contributed by atoms with van der Waals surface area (Å²) in [6, 6.07) is 7.88. The van der Waals surface area contributed by atoms with Crippen LogP contribution in [0.4, 0.5) is 9.59 Å². The van der Waals surface area contributed by atoms with Gasteiger partial charge in [-0.15, -0.1) is 4.76 Å². The molecule has 0 saturated carbocycles. The first-order valence-electron chi connectivity index (χ1n) is 13.9. The van der Waals surface area contributed by atoms with Crippen LogP contribution in [0.5, 0.6) is 0 Å². The Labute approximate surface area is 247 Å². The van der Waals surface area contributed by atoms with Crippen LogP contribution in [-0.4, -0.2) is 87.0 Å². The predicted molar refractivity (Wildman–Crippen MR) is 154 cm³/mol. The van der Waals surface area contributed by atoms with Gasteiger partial charge in [-0.2, -0.15) is 0 Å². The lowest BCUT2D eigenvalue weighted by Crippen LogP contribution is -2.47. The first-order chi connectivity index (χ1) is 20.1. The number of rotatable bonds is 21. The van der Waals surface area contributed by atoms with Crippen LogP contribution in [0, 0.1) is 0 Å². The van der Waals surface area contributed by atoms with Crippen LogP contribution in [-0.2, 0) is 43.8 Å². The van der Waals surface area contributed by atoms with E-state index in [1.165, 1.54) is 11.9 Å². The standard InChI is InChI=1S/C27H44N3O11P/c1-4-15-36-26(33)38-17-9-11-19-40-42(35,41-20-12-10-18-39-27(34)37-16-5-2)29-25(28)30(3)23(24(31)32)21-22-13-7-6-8-14-22/h6-8,13-14,23H,4-5,9-12,15-21H2,1-3H3,(H,31,32)(H2,28,29,35). The fraction of sp³-hybridized carbons (Fsp3) is 0.630. The second-order valence-corrected chi connectivity index (χ2v) is 10.7. The number of carbonyl (C=O) groups is 3. The minimum absolute atomic E-state index is 0.0656. The number of nitrogens with two attached hydrogens (primary N) is 1. The Morgan fingerprint density at radius 3 is 1.74 bits per heavy atom. The van der Waals surface area contributed by atoms with E-state index in [2.05, 4.69) is 4.76 Å². The Morgan fingerprint density at radius 2 is 1.29 bits per heavy atom. The number of hydrogen-bond acceptors (Lipinski definition) is 10. The van der Waals surface area contributed by atoms with Gasteiger partial charge in [0.1, 0.15) is 6.04 Å². The van der Waals surface area contributed by atoms with Crippen LogP contribution in [0.1, 0.15) is 57.9 Å². The summed E-state index contributed by atoms with van der Waals surface area (Å²) < 4.78 is 48.0. The molecule has 1 atom stereocenters. The normalized spacial score (nSPS) is 12.3. The van der Waals surface area contributed by atoms with Crippen LogP contribution in [0.25, 0.3) is 0 Å². The molecule has 0 bridgehead atoms. The minimum Gasteiger partial charge on any atom is -0.480 e. The van der Waals surface area contributed by atoms with E-state index >= 15 is 0 Å². The van der Waals surface area contributed by atoms with E-state index in [-0.39, 0.29) is 52.0 Å². The SMILES string of the molecule is CCCOC(=O)OCCCCOP(=O)(N=C(N)N(C)C(Cc1ccccc1)C(=O)O)OCCCCOC(=O)OCCC. The third-order valence-corrected chi connectivity index (χ3v) is 6.95. The third-order valence-electron chi connectivity index (χ3n) is 5.48. The van der Waals surface area contributed by atoms with Crippen LogP contribution < -0.4 is 5.73 Å². The quantitative estimate of drug-likeness (QED) is 0.0633. The molecule has 0 radical (unpaired) electrons. The van der Waals surface area contributed by atoms with Crippen molar-refractivity contribution in [3.05, 3.63) is 35.9 Å². The number of hydrogen-bond donors (Lipinski definition) is 2. The molecule has 1 rings (SSSR count). The number of aliphatic carboxylic acids is 1. The van der Waals surface area contributed by atoms with Crippen molar-refractivity contribution in [2.45, 2.75) is 64.8 Å². The maximum Gasteiger partial charge on any atom is 0.508 e. The van der Waals surface area contributed by atoms with Gasteiger partial charge < -0.3 is 34.7 Å². The molecule has 0 aliphatic rings. The van der Waals surface area contributed by atoms with E-state index in [1.807, 2.05) is 19.9 Å². The summed E-state index contributed by atoms with van der Waals surface area (Å²) in [7, 11) is -2.76. The highest BCUT2D eigenvalue weighted by molar-refractivity contribution is 7.52. The second-order valence-electron chi connectivity index (χ2n) is 9.06. The van der Waals surface area contributed by atoms with Crippen molar-refractivity contribution in [1.82, 2.24) is 4.90 Å². The van der Waals surface area contributed by atoms with Crippen molar-refractivity contribution < 1.29 is 52.1 Å². The summed E-state index contributed by atoms with van der Waals surface area (Å²) in [6.07, 6.45) is 1.42. The van der Waals surface area contributed by atoms with E-state index in [1.54, 1.807) is 24.3 Å². The zero-order valence-electron chi connectivity index (χ0n) is 24.6. The van der Waals surface area contributed by atoms with Gasteiger partial charge in [0.25, 0.3) is 0 Å². The molecule has 15 heteroatoms. The number of ether oxygens (including phenoxy) is 4. The Kier molecular flexibility index (Phi) is 18.7. The number of benzene rings is 1. The lowest BCUT2D eigenvalue weighted by atomic mass is 10.1.